The molecule has 176 valence electrons. The minimum Gasteiger partial charge on any atom is -0.287 e. The highest BCUT2D eigenvalue weighted by Gasteiger charge is 2.35. The number of hydrogen-bond acceptors (Lipinski definition) is 5. The number of aromatic nitrogens is 3. The maximum atomic E-state index is 13.3. The maximum absolute atomic E-state index is 13.3. The van der Waals surface area contributed by atoms with Crippen molar-refractivity contribution in [3.63, 3.8) is 0 Å². The standard InChI is InChI=1S/C19H16Cl2F3N5O3S/c1-10(2)29(15-6-8-26-27-15)18(30)17-16(14(21)5-7-25-17)28-33(31,32)11-3-4-13(20)12(9-11)19(22,23)24/h3-10,28H,1-2H3,(H,26,27). The Balaban J connectivity index is 2.06. The van der Waals surface area contributed by atoms with Crippen molar-refractivity contribution in [1.29, 1.82) is 0 Å². The van der Waals surface area contributed by atoms with Gasteiger partial charge in [0.2, 0.25) is 0 Å². The fourth-order valence-electron chi connectivity index (χ4n) is 2.88. The summed E-state index contributed by atoms with van der Waals surface area (Å²) in [5, 5.41) is 5.68. The molecule has 0 fully saturated rings. The largest absolute Gasteiger partial charge is 0.417 e. The molecule has 2 N–H and O–H groups in total. The van der Waals surface area contributed by atoms with E-state index < -0.39 is 49.3 Å². The number of carbonyl (C=O) groups excluding carboxylic acids is 1. The number of amides is 1. The van der Waals surface area contributed by atoms with E-state index in [9.17, 15) is 26.4 Å². The van der Waals surface area contributed by atoms with Gasteiger partial charge in [-0.25, -0.2) is 13.4 Å². The molecule has 0 aliphatic heterocycles. The summed E-state index contributed by atoms with van der Waals surface area (Å²) in [7, 11) is -4.62. The van der Waals surface area contributed by atoms with Gasteiger partial charge in [0.05, 0.1) is 26.2 Å². The Morgan fingerprint density at radius 1 is 1.15 bits per heavy atom. The highest BCUT2D eigenvalue weighted by Crippen LogP contribution is 2.37. The summed E-state index contributed by atoms with van der Waals surface area (Å²) in [5.41, 5.74) is -2.09. The first-order valence-corrected chi connectivity index (χ1v) is 11.4. The Morgan fingerprint density at radius 3 is 2.42 bits per heavy atom. The monoisotopic (exact) mass is 521 g/mol. The zero-order valence-electron chi connectivity index (χ0n) is 17.0. The quantitative estimate of drug-likeness (QED) is 0.475. The van der Waals surface area contributed by atoms with Gasteiger partial charge in [0, 0.05) is 24.5 Å². The molecule has 0 spiro atoms. The number of halogens is 5. The number of alkyl halides is 3. The molecule has 3 aromatic rings. The fourth-order valence-corrected chi connectivity index (χ4v) is 4.47. The molecule has 0 aliphatic carbocycles. The zero-order chi connectivity index (χ0) is 24.6. The molecule has 0 saturated carbocycles. The molecular weight excluding hydrogens is 506 g/mol. The molecule has 1 amide bonds. The van der Waals surface area contributed by atoms with Crippen LogP contribution in [0.15, 0.2) is 47.6 Å². The molecule has 0 saturated heterocycles. The fraction of sp³-hybridized carbons (Fsp3) is 0.211. The Bertz CT molecular complexity index is 1280. The maximum Gasteiger partial charge on any atom is 0.417 e. The summed E-state index contributed by atoms with van der Waals surface area (Å²) in [6.45, 7) is 3.40. The number of nitrogens with one attached hydrogen (secondary N) is 2. The first-order chi connectivity index (χ1) is 15.3. The molecule has 14 heteroatoms. The first kappa shape index (κ1) is 24.8. The lowest BCUT2D eigenvalue weighted by molar-refractivity contribution is -0.137. The third-order valence-electron chi connectivity index (χ3n) is 4.36. The third kappa shape index (κ3) is 5.23. The lowest BCUT2D eigenvalue weighted by atomic mass is 10.2. The van der Waals surface area contributed by atoms with Crippen LogP contribution in [0.2, 0.25) is 10.0 Å². The number of aromatic amines is 1. The Hall–Kier alpha value is -2.83. The van der Waals surface area contributed by atoms with Gasteiger partial charge in [-0.3, -0.25) is 19.5 Å². The molecule has 2 heterocycles. The smallest absolute Gasteiger partial charge is 0.287 e. The van der Waals surface area contributed by atoms with E-state index in [-0.39, 0.29) is 16.5 Å². The third-order valence-corrected chi connectivity index (χ3v) is 6.35. The van der Waals surface area contributed by atoms with Gasteiger partial charge in [0.15, 0.2) is 11.5 Å². The minimum absolute atomic E-state index is 0.187. The Morgan fingerprint density at radius 2 is 1.85 bits per heavy atom. The van der Waals surface area contributed by atoms with Crippen LogP contribution in [0.25, 0.3) is 0 Å². The van der Waals surface area contributed by atoms with Gasteiger partial charge in [-0.2, -0.15) is 18.3 Å². The number of anilines is 2. The van der Waals surface area contributed by atoms with Crippen LogP contribution in [0.5, 0.6) is 0 Å². The van der Waals surface area contributed by atoms with Crippen molar-refractivity contribution in [1.82, 2.24) is 15.2 Å². The number of hydrogen-bond donors (Lipinski definition) is 2. The Labute approximate surface area is 196 Å². The zero-order valence-corrected chi connectivity index (χ0v) is 19.3. The summed E-state index contributed by atoms with van der Waals surface area (Å²) in [6.07, 6.45) is -2.19. The summed E-state index contributed by atoms with van der Waals surface area (Å²) in [6, 6.07) is 4.45. The highest BCUT2D eigenvalue weighted by molar-refractivity contribution is 7.92. The molecule has 8 nitrogen and oxygen atoms in total. The predicted octanol–water partition coefficient (Wildman–Crippen LogP) is 4.99. The summed E-state index contributed by atoms with van der Waals surface area (Å²) in [5.74, 6) is -0.484. The van der Waals surface area contributed by atoms with E-state index in [1.54, 1.807) is 13.8 Å². The van der Waals surface area contributed by atoms with Crippen molar-refractivity contribution >= 4 is 50.6 Å². The molecule has 0 aliphatic rings. The number of nitrogens with zero attached hydrogens (tertiary/aromatic N) is 3. The van der Waals surface area contributed by atoms with E-state index >= 15 is 0 Å². The predicted molar refractivity (Wildman–Crippen MR) is 117 cm³/mol. The van der Waals surface area contributed by atoms with Crippen molar-refractivity contribution < 1.29 is 26.4 Å². The van der Waals surface area contributed by atoms with Crippen molar-refractivity contribution in [2.45, 2.75) is 31.0 Å². The van der Waals surface area contributed by atoms with E-state index in [4.69, 9.17) is 23.2 Å². The highest BCUT2D eigenvalue weighted by atomic mass is 35.5. The van der Waals surface area contributed by atoms with Crippen molar-refractivity contribution in [2.24, 2.45) is 0 Å². The van der Waals surface area contributed by atoms with Gasteiger partial charge < -0.3 is 0 Å². The van der Waals surface area contributed by atoms with Crippen LogP contribution >= 0.6 is 23.2 Å². The van der Waals surface area contributed by atoms with E-state index in [1.807, 2.05) is 0 Å². The number of rotatable bonds is 6. The topological polar surface area (TPSA) is 108 Å². The van der Waals surface area contributed by atoms with Crippen LogP contribution in [0, 0.1) is 0 Å². The lowest BCUT2D eigenvalue weighted by Gasteiger charge is -2.25. The number of H-pyrrole nitrogens is 1. The molecule has 1 aromatic carbocycles. The number of sulfonamides is 1. The van der Waals surface area contributed by atoms with Crippen LogP contribution < -0.4 is 9.62 Å². The summed E-state index contributed by atoms with van der Waals surface area (Å²) >= 11 is 11.7. The van der Waals surface area contributed by atoms with Crippen molar-refractivity contribution in [3.8, 4) is 0 Å². The second-order valence-corrected chi connectivity index (χ2v) is 9.46. The average molecular weight is 522 g/mol. The second-order valence-electron chi connectivity index (χ2n) is 6.96. The SMILES string of the molecule is CC(C)N(C(=O)c1nccc(Cl)c1NS(=O)(=O)c1ccc(Cl)c(C(F)(F)F)c1)c1cc[nH]n1. The number of benzene rings is 1. The molecule has 33 heavy (non-hydrogen) atoms. The molecule has 0 bridgehead atoms. The summed E-state index contributed by atoms with van der Waals surface area (Å²) < 4.78 is 67.4. The van der Waals surface area contributed by atoms with Gasteiger partial charge in [0.1, 0.15) is 0 Å². The molecule has 0 atom stereocenters. The van der Waals surface area contributed by atoms with Crippen LogP contribution in [0.4, 0.5) is 24.7 Å². The minimum atomic E-state index is -4.88. The normalized spacial score (nSPS) is 12.1. The molecule has 0 unspecified atom stereocenters. The van der Waals surface area contributed by atoms with Crippen LogP contribution in [-0.4, -0.2) is 35.5 Å². The van der Waals surface area contributed by atoms with E-state index in [1.165, 1.54) is 29.4 Å². The van der Waals surface area contributed by atoms with Gasteiger partial charge in [-0.15, -0.1) is 0 Å². The number of pyridine rings is 1. The molecular formula is C19H16Cl2F3N5O3S. The van der Waals surface area contributed by atoms with E-state index in [0.29, 0.717) is 6.07 Å². The van der Waals surface area contributed by atoms with Crippen LogP contribution in [0.3, 0.4) is 0 Å². The van der Waals surface area contributed by atoms with Gasteiger partial charge in [-0.1, -0.05) is 23.2 Å². The van der Waals surface area contributed by atoms with E-state index in [0.717, 1.165) is 12.1 Å². The van der Waals surface area contributed by atoms with Crippen LogP contribution in [0.1, 0.15) is 29.9 Å². The summed E-state index contributed by atoms with van der Waals surface area (Å²) in [4.78, 5) is 17.7. The van der Waals surface area contributed by atoms with Crippen molar-refractivity contribution in [3.05, 3.63) is 64.0 Å². The second kappa shape index (κ2) is 9.20. The lowest BCUT2D eigenvalue weighted by Crippen LogP contribution is -2.38. The average Bonchev–Trinajstić information content (AvgIpc) is 3.22. The van der Waals surface area contributed by atoms with Gasteiger partial charge in [-0.05, 0) is 38.1 Å². The van der Waals surface area contributed by atoms with Gasteiger partial charge >= 0.3 is 6.18 Å². The Kier molecular flexibility index (Phi) is 6.91. The molecule has 2 aromatic heterocycles. The number of carbonyl (C=O) groups is 1. The molecule has 3 rings (SSSR count). The first-order valence-electron chi connectivity index (χ1n) is 9.20. The van der Waals surface area contributed by atoms with Crippen molar-refractivity contribution in [2.75, 3.05) is 9.62 Å². The van der Waals surface area contributed by atoms with E-state index in [2.05, 4.69) is 19.9 Å². The van der Waals surface area contributed by atoms with Gasteiger partial charge in [0.25, 0.3) is 15.9 Å². The van der Waals surface area contributed by atoms with Crippen LogP contribution in [-0.2, 0) is 16.2 Å². The molecule has 0 radical (unpaired) electrons.